The summed E-state index contributed by atoms with van der Waals surface area (Å²) in [6, 6.07) is 0. The van der Waals surface area contributed by atoms with Crippen LogP contribution in [-0.4, -0.2) is 83.8 Å². The van der Waals surface area contributed by atoms with Crippen LogP contribution >= 0.6 is 0 Å². The first kappa shape index (κ1) is 26.5. The minimum Gasteiger partial charge on any atom is -0.379 e. The fourth-order valence-corrected chi connectivity index (χ4v) is 2.57. The highest BCUT2D eigenvalue weighted by molar-refractivity contribution is 5.77. The van der Waals surface area contributed by atoms with Crippen LogP contribution in [0.3, 0.4) is 0 Å². The third-order valence-electron chi connectivity index (χ3n) is 4.23. The van der Waals surface area contributed by atoms with Crippen molar-refractivity contribution in [3.8, 4) is 11.8 Å². The van der Waals surface area contributed by atoms with Crippen molar-refractivity contribution in [2.24, 2.45) is 0 Å². The van der Waals surface area contributed by atoms with E-state index in [4.69, 9.17) is 23.7 Å². The van der Waals surface area contributed by atoms with Gasteiger partial charge >= 0.3 is 0 Å². The van der Waals surface area contributed by atoms with Gasteiger partial charge in [0.25, 0.3) is 0 Å². The fraction of sp³-hybridized carbons (Fsp3) is 0.818. The van der Waals surface area contributed by atoms with Crippen LogP contribution < -0.4 is 5.32 Å². The van der Waals surface area contributed by atoms with Crippen molar-refractivity contribution in [3.05, 3.63) is 0 Å². The van der Waals surface area contributed by atoms with Crippen molar-refractivity contribution in [2.45, 2.75) is 51.6 Å². The van der Waals surface area contributed by atoms with E-state index in [2.05, 4.69) is 17.2 Å². The molecule has 1 N–H and O–H groups in total. The van der Waals surface area contributed by atoms with Gasteiger partial charge in [0, 0.05) is 20.8 Å². The van der Waals surface area contributed by atoms with Crippen LogP contribution in [0.1, 0.15) is 46.9 Å². The van der Waals surface area contributed by atoms with Gasteiger partial charge in [-0.1, -0.05) is 12.3 Å². The number of carbonyl (C=O) groups is 2. The van der Waals surface area contributed by atoms with Crippen molar-refractivity contribution >= 4 is 11.7 Å². The van der Waals surface area contributed by atoms with Gasteiger partial charge in [-0.15, -0.1) is 5.92 Å². The Morgan fingerprint density at radius 3 is 2.20 bits per heavy atom. The molecule has 0 heterocycles. The van der Waals surface area contributed by atoms with Crippen molar-refractivity contribution in [3.63, 3.8) is 0 Å². The Morgan fingerprint density at radius 2 is 1.53 bits per heavy atom. The van der Waals surface area contributed by atoms with Gasteiger partial charge in [-0.25, -0.2) is 0 Å². The van der Waals surface area contributed by atoms with E-state index in [1.54, 1.807) is 6.92 Å². The second-order valence-corrected chi connectivity index (χ2v) is 6.97. The molecule has 1 unspecified atom stereocenters. The lowest BCUT2D eigenvalue weighted by molar-refractivity contribution is -0.127. The molecule has 0 bridgehead atoms. The number of carbonyl (C=O) groups excluding carboxylic acids is 2. The Labute approximate surface area is 181 Å². The molecule has 1 amide bonds. The van der Waals surface area contributed by atoms with Crippen LogP contribution in [0.25, 0.3) is 0 Å². The van der Waals surface area contributed by atoms with Crippen LogP contribution in [0.15, 0.2) is 0 Å². The monoisotopic (exact) mass is 429 g/mol. The lowest BCUT2D eigenvalue weighted by Crippen LogP contribution is -2.32. The average Bonchev–Trinajstić information content (AvgIpc) is 2.69. The topological polar surface area (TPSA) is 92.3 Å². The second kappa shape index (κ2) is 19.5. The van der Waals surface area contributed by atoms with E-state index in [0.29, 0.717) is 65.8 Å². The Morgan fingerprint density at radius 1 is 0.900 bits per heavy atom. The molecule has 8 heteroatoms. The average molecular weight is 430 g/mol. The summed E-state index contributed by atoms with van der Waals surface area (Å²) in [7, 11) is 0. The first-order valence-corrected chi connectivity index (χ1v) is 10.9. The number of hydrogen-bond donors (Lipinski definition) is 1. The molecule has 0 spiro atoms. The minimum absolute atomic E-state index is 0. The van der Waals surface area contributed by atoms with Crippen molar-refractivity contribution in [1.29, 1.82) is 0 Å². The Kier molecular flexibility index (Phi) is 17.2. The van der Waals surface area contributed by atoms with Crippen LogP contribution in [0.4, 0.5) is 0 Å². The smallest absolute Gasteiger partial charge is 0.246 e. The normalized spacial score (nSPS) is 16.2. The predicted molar refractivity (Wildman–Crippen MR) is 114 cm³/mol. The van der Waals surface area contributed by atoms with E-state index in [9.17, 15) is 9.59 Å². The molecule has 0 aromatic carbocycles. The summed E-state index contributed by atoms with van der Waals surface area (Å²) in [6.45, 7) is 5.72. The SMILES string of the molecule is CC(=O)CCOCCOCCOCCOCCNC(=O)COC1C#CCCCCC1.[HH]. The molecular weight excluding hydrogens is 390 g/mol. The maximum absolute atomic E-state index is 11.8. The summed E-state index contributed by atoms with van der Waals surface area (Å²) in [6.07, 6.45) is 5.54. The van der Waals surface area contributed by atoms with Gasteiger partial charge in [0.15, 0.2) is 0 Å². The molecule has 0 saturated heterocycles. The number of ether oxygens (including phenoxy) is 5. The van der Waals surface area contributed by atoms with Gasteiger partial charge in [-0.3, -0.25) is 9.59 Å². The van der Waals surface area contributed by atoms with E-state index in [-0.39, 0.29) is 25.8 Å². The lowest BCUT2D eigenvalue weighted by atomic mass is 10.1. The van der Waals surface area contributed by atoms with E-state index < -0.39 is 0 Å². The zero-order valence-electron chi connectivity index (χ0n) is 18.2. The molecule has 1 aliphatic rings. The van der Waals surface area contributed by atoms with Crippen molar-refractivity contribution < 1.29 is 34.7 Å². The molecule has 174 valence electrons. The number of hydrogen-bond acceptors (Lipinski definition) is 7. The highest BCUT2D eigenvalue weighted by Gasteiger charge is 2.10. The summed E-state index contributed by atoms with van der Waals surface area (Å²) in [5.74, 6) is 6.16. The molecular formula is C22H39NO7. The first-order chi connectivity index (χ1) is 14.7. The van der Waals surface area contributed by atoms with Gasteiger partial charge < -0.3 is 29.0 Å². The number of Topliss-reactive ketones (excluding diaryl/α,β-unsaturated/α-hetero) is 1. The van der Waals surface area contributed by atoms with E-state index in [1.165, 1.54) is 6.42 Å². The molecule has 30 heavy (non-hydrogen) atoms. The maximum atomic E-state index is 11.8. The summed E-state index contributed by atoms with van der Waals surface area (Å²) >= 11 is 0. The standard InChI is InChI=1S/C22H37NO7.H2/c1-20(24)9-11-26-13-15-28-17-18-29-16-14-27-12-10-23-22(25)19-30-21-7-5-3-2-4-6-8-21;/h21H,2-5,7,9-19H2,1H3,(H,23,25);1H. The van der Waals surface area contributed by atoms with Gasteiger partial charge in [-0.2, -0.15) is 0 Å². The van der Waals surface area contributed by atoms with Crippen LogP contribution in [0, 0.1) is 11.8 Å². The van der Waals surface area contributed by atoms with Gasteiger partial charge in [0.2, 0.25) is 5.91 Å². The molecule has 1 aliphatic carbocycles. The molecule has 1 rings (SSSR count). The minimum atomic E-state index is -0.152. The van der Waals surface area contributed by atoms with Crippen molar-refractivity contribution in [1.82, 2.24) is 5.32 Å². The quantitative estimate of drug-likeness (QED) is 0.262. The Hall–Kier alpha value is -1.50. The summed E-state index contributed by atoms with van der Waals surface area (Å²) < 4.78 is 27.0. The molecule has 1 atom stereocenters. The van der Waals surface area contributed by atoms with Gasteiger partial charge in [-0.05, 0) is 26.2 Å². The van der Waals surface area contributed by atoms with Gasteiger partial charge in [0.05, 0.1) is 52.9 Å². The van der Waals surface area contributed by atoms with E-state index in [1.807, 2.05) is 0 Å². The van der Waals surface area contributed by atoms with E-state index in [0.717, 1.165) is 25.7 Å². The number of rotatable bonds is 18. The predicted octanol–water partition coefficient (Wildman–Crippen LogP) is 1.75. The molecule has 0 aliphatic heterocycles. The zero-order chi connectivity index (χ0) is 21.7. The number of amides is 1. The number of ketones is 1. The molecule has 0 aromatic heterocycles. The van der Waals surface area contributed by atoms with Crippen LogP contribution in [0.2, 0.25) is 0 Å². The molecule has 8 nitrogen and oxygen atoms in total. The number of nitrogens with one attached hydrogen (secondary N) is 1. The fourth-order valence-electron chi connectivity index (χ4n) is 2.57. The zero-order valence-corrected chi connectivity index (χ0v) is 18.2. The van der Waals surface area contributed by atoms with Crippen molar-refractivity contribution in [2.75, 3.05) is 66.0 Å². The summed E-state index contributed by atoms with van der Waals surface area (Å²) in [4.78, 5) is 22.5. The highest BCUT2D eigenvalue weighted by Crippen LogP contribution is 2.10. The van der Waals surface area contributed by atoms with Crippen LogP contribution in [-0.2, 0) is 33.3 Å². The third-order valence-corrected chi connectivity index (χ3v) is 4.23. The summed E-state index contributed by atoms with van der Waals surface area (Å²) in [5, 5.41) is 2.77. The summed E-state index contributed by atoms with van der Waals surface area (Å²) in [5.41, 5.74) is 0. The highest BCUT2D eigenvalue weighted by atomic mass is 16.6. The van der Waals surface area contributed by atoms with Crippen LogP contribution in [0.5, 0.6) is 0 Å². The Balaban J connectivity index is 0.00000900. The maximum Gasteiger partial charge on any atom is 0.246 e. The molecule has 0 saturated carbocycles. The third kappa shape index (κ3) is 17.4. The van der Waals surface area contributed by atoms with Gasteiger partial charge in [0.1, 0.15) is 18.5 Å². The first-order valence-electron chi connectivity index (χ1n) is 10.9. The lowest BCUT2D eigenvalue weighted by Gasteiger charge is -2.13. The second-order valence-electron chi connectivity index (χ2n) is 6.97. The Bertz CT molecular complexity index is 522. The largest absolute Gasteiger partial charge is 0.379 e. The molecule has 0 radical (unpaired) electrons. The molecule has 0 aromatic rings. The molecule has 0 fully saturated rings. The van der Waals surface area contributed by atoms with E-state index >= 15 is 0 Å².